The fraction of sp³-hybridized carbons (Fsp3) is 0.278. The topological polar surface area (TPSA) is 75.7 Å². The maximum Gasteiger partial charge on any atom is 0.197 e. The van der Waals surface area contributed by atoms with E-state index in [0.29, 0.717) is 17.3 Å². The maximum atomic E-state index is 12.6. The summed E-state index contributed by atoms with van der Waals surface area (Å²) in [5.74, 6) is 0.437. The molecule has 0 spiro atoms. The van der Waals surface area contributed by atoms with Crippen molar-refractivity contribution in [1.29, 1.82) is 0 Å². The Morgan fingerprint density at radius 2 is 2.00 bits per heavy atom. The van der Waals surface area contributed by atoms with Gasteiger partial charge in [0.25, 0.3) is 0 Å². The molecule has 0 amide bonds. The first-order chi connectivity index (χ1) is 11.4. The van der Waals surface area contributed by atoms with Gasteiger partial charge in [-0.2, -0.15) is 0 Å². The van der Waals surface area contributed by atoms with Crippen molar-refractivity contribution in [3.8, 4) is 0 Å². The molecular weight excluding hydrogens is 358 g/mol. The van der Waals surface area contributed by atoms with Crippen LogP contribution in [0, 0.1) is 13.8 Å². The summed E-state index contributed by atoms with van der Waals surface area (Å²) >= 11 is 0. The van der Waals surface area contributed by atoms with Gasteiger partial charge >= 0.3 is 0 Å². The summed E-state index contributed by atoms with van der Waals surface area (Å²) in [7, 11) is -1.30. The number of imidazole rings is 1. The van der Waals surface area contributed by atoms with E-state index in [1.165, 1.54) is 0 Å². The Kier molecular flexibility index (Phi) is 6.08. The number of Topliss-reactive ketones (excluding diaryl/α,β-unsaturated/α-hetero) is 1. The molecule has 2 aromatic heterocycles. The summed E-state index contributed by atoms with van der Waals surface area (Å²) in [5.41, 5.74) is 5.49. The van der Waals surface area contributed by atoms with E-state index >= 15 is 0 Å². The minimum atomic E-state index is -1.30. The van der Waals surface area contributed by atoms with Gasteiger partial charge in [0.05, 0.1) is 33.3 Å². The standard InChI is InChI=1S/C18H19N3O2S.ClH/c1-11-6-7-19-17(13(11)3)10-24(23)18-20-15-5-4-14(8-12(2)22)9-16(15)21-18;/h4-7,9H,8,10H2,1-3H3,(H,20,21);1H. The third kappa shape index (κ3) is 4.32. The summed E-state index contributed by atoms with van der Waals surface area (Å²) < 4.78 is 12.6. The lowest BCUT2D eigenvalue weighted by Gasteiger charge is -2.05. The number of aromatic amines is 1. The number of halogens is 1. The summed E-state index contributed by atoms with van der Waals surface area (Å²) in [4.78, 5) is 23.1. The number of carbonyl (C=O) groups excluding carboxylic acids is 1. The van der Waals surface area contributed by atoms with Crippen LogP contribution in [0.4, 0.5) is 0 Å². The third-order valence-corrected chi connectivity index (χ3v) is 5.20. The van der Waals surface area contributed by atoms with Gasteiger partial charge in [0.1, 0.15) is 5.78 Å². The number of H-pyrrole nitrogens is 1. The fourth-order valence-corrected chi connectivity index (χ4v) is 3.67. The van der Waals surface area contributed by atoms with E-state index in [9.17, 15) is 9.00 Å². The fourth-order valence-electron chi connectivity index (χ4n) is 2.57. The van der Waals surface area contributed by atoms with Crippen LogP contribution < -0.4 is 0 Å². The Hall–Kier alpha value is -2.05. The lowest BCUT2D eigenvalue weighted by Crippen LogP contribution is -2.03. The molecule has 5 nitrogen and oxygen atoms in total. The minimum absolute atomic E-state index is 0. The average Bonchev–Trinajstić information content (AvgIpc) is 2.94. The molecule has 1 unspecified atom stereocenters. The zero-order valence-electron chi connectivity index (χ0n) is 14.3. The predicted octanol–water partition coefficient (Wildman–Crippen LogP) is 3.44. The van der Waals surface area contributed by atoms with Gasteiger partial charge in [-0.1, -0.05) is 6.07 Å². The van der Waals surface area contributed by atoms with Crippen molar-refractivity contribution in [2.45, 2.75) is 38.1 Å². The number of hydrogen-bond donors (Lipinski definition) is 1. The Morgan fingerprint density at radius 3 is 2.72 bits per heavy atom. The lowest BCUT2D eigenvalue weighted by molar-refractivity contribution is -0.116. The monoisotopic (exact) mass is 377 g/mol. The molecule has 0 bridgehead atoms. The van der Waals surface area contributed by atoms with Crippen molar-refractivity contribution in [3.05, 3.63) is 52.8 Å². The molecule has 0 saturated carbocycles. The van der Waals surface area contributed by atoms with Crippen molar-refractivity contribution in [2.24, 2.45) is 0 Å². The number of pyridine rings is 1. The Balaban J connectivity index is 0.00000225. The van der Waals surface area contributed by atoms with E-state index in [1.807, 2.05) is 38.1 Å². The van der Waals surface area contributed by atoms with E-state index in [0.717, 1.165) is 33.4 Å². The Labute approximate surface area is 155 Å². The molecule has 132 valence electrons. The van der Waals surface area contributed by atoms with E-state index in [2.05, 4.69) is 15.0 Å². The predicted molar refractivity (Wildman–Crippen MR) is 102 cm³/mol. The summed E-state index contributed by atoms with van der Waals surface area (Å²) in [6.45, 7) is 5.57. The number of carbonyl (C=O) groups is 1. The van der Waals surface area contributed by atoms with Crippen LogP contribution in [0.2, 0.25) is 0 Å². The van der Waals surface area contributed by atoms with Crippen LogP contribution in [0.5, 0.6) is 0 Å². The Morgan fingerprint density at radius 1 is 1.24 bits per heavy atom. The van der Waals surface area contributed by atoms with Crippen molar-refractivity contribution >= 4 is 40.0 Å². The number of nitrogens with one attached hydrogen (secondary N) is 1. The van der Waals surface area contributed by atoms with Crippen molar-refractivity contribution in [2.75, 3.05) is 0 Å². The highest BCUT2D eigenvalue weighted by Crippen LogP contribution is 2.19. The van der Waals surface area contributed by atoms with Crippen molar-refractivity contribution in [1.82, 2.24) is 15.0 Å². The number of ketones is 1. The second-order valence-electron chi connectivity index (χ2n) is 5.96. The highest BCUT2D eigenvalue weighted by molar-refractivity contribution is 7.84. The van der Waals surface area contributed by atoms with Gasteiger partial charge in [-0.05, 0) is 55.7 Å². The van der Waals surface area contributed by atoms with Crippen molar-refractivity contribution in [3.63, 3.8) is 0 Å². The van der Waals surface area contributed by atoms with Crippen LogP contribution in [-0.4, -0.2) is 24.9 Å². The van der Waals surface area contributed by atoms with E-state index in [-0.39, 0.29) is 18.2 Å². The molecule has 0 aliphatic rings. The molecular formula is C18H20ClN3O2S. The van der Waals surface area contributed by atoms with Gasteiger partial charge in [0, 0.05) is 12.6 Å². The first-order valence-corrected chi connectivity index (χ1v) is 9.03. The van der Waals surface area contributed by atoms with Crippen LogP contribution in [0.3, 0.4) is 0 Å². The van der Waals surface area contributed by atoms with Gasteiger partial charge in [-0.3, -0.25) is 14.0 Å². The molecule has 3 aromatic rings. The molecule has 0 aliphatic carbocycles. The molecule has 0 radical (unpaired) electrons. The number of hydrogen-bond acceptors (Lipinski definition) is 4. The maximum absolute atomic E-state index is 12.6. The SMILES string of the molecule is CC(=O)Cc1ccc2nc(S(=O)Cc3nccc(C)c3C)[nH]c2c1.Cl. The van der Waals surface area contributed by atoms with E-state index in [4.69, 9.17) is 0 Å². The van der Waals surface area contributed by atoms with Gasteiger partial charge in [-0.25, -0.2) is 4.98 Å². The number of fused-ring (bicyclic) bond motifs is 1. The first kappa shape index (κ1) is 19.3. The lowest BCUT2D eigenvalue weighted by atomic mass is 10.1. The largest absolute Gasteiger partial charge is 0.331 e. The normalized spacial score (nSPS) is 12.0. The number of rotatable bonds is 5. The molecule has 1 N–H and O–H groups in total. The van der Waals surface area contributed by atoms with Gasteiger partial charge in [0.2, 0.25) is 0 Å². The van der Waals surface area contributed by atoms with Crippen LogP contribution in [0.15, 0.2) is 35.6 Å². The molecule has 1 atom stereocenters. The highest BCUT2D eigenvalue weighted by atomic mass is 35.5. The van der Waals surface area contributed by atoms with Crippen LogP contribution in [0.25, 0.3) is 11.0 Å². The quantitative estimate of drug-likeness (QED) is 0.739. The van der Waals surface area contributed by atoms with E-state index < -0.39 is 10.8 Å². The second-order valence-corrected chi connectivity index (χ2v) is 7.33. The van der Waals surface area contributed by atoms with Crippen molar-refractivity contribution < 1.29 is 9.00 Å². The smallest absolute Gasteiger partial charge is 0.197 e. The molecule has 0 saturated heterocycles. The van der Waals surface area contributed by atoms with Crippen LogP contribution >= 0.6 is 12.4 Å². The minimum Gasteiger partial charge on any atom is -0.331 e. The molecule has 0 fully saturated rings. The number of benzene rings is 1. The number of aryl methyl sites for hydroxylation is 1. The Bertz CT molecular complexity index is 953. The molecule has 3 rings (SSSR count). The zero-order valence-corrected chi connectivity index (χ0v) is 16.0. The van der Waals surface area contributed by atoms with Crippen LogP contribution in [0.1, 0.15) is 29.3 Å². The van der Waals surface area contributed by atoms with Crippen LogP contribution in [-0.2, 0) is 27.8 Å². The summed E-state index contributed by atoms with van der Waals surface area (Å²) in [6.07, 6.45) is 2.13. The van der Waals surface area contributed by atoms with Gasteiger partial charge in [0.15, 0.2) is 5.16 Å². The second kappa shape index (κ2) is 7.89. The average molecular weight is 378 g/mol. The third-order valence-electron chi connectivity index (χ3n) is 4.04. The molecule has 7 heteroatoms. The molecule has 1 aromatic carbocycles. The molecule has 25 heavy (non-hydrogen) atoms. The molecule has 2 heterocycles. The first-order valence-electron chi connectivity index (χ1n) is 7.71. The van der Waals surface area contributed by atoms with Gasteiger partial charge < -0.3 is 4.98 Å². The van der Waals surface area contributed by atoms with Gasteiger partial charge in [-0.15, -0.1) is 12.4 Å². The molecule has 0 aliphatic heterocycles. The number of aromatic nitrogens is 3. The number of nitrogens with zero attached hydrogens (tertiary/aromatic N) is 2. The van der Waals surface area contributed by atoms with E-state index in [1.54, 1.807) is 13.1 Å². The zero-order chi connectivity index (χ0) is 17.3. The summed E-state index contributed by atoms with van der Waals surface area (Å²) in [6, 6.07) is 7.56. The highest BCUT2D eigenvalue weighted by Gasteiger charge is 2.14. The summed E-state index contributed by atoms with van der Waals surface area (Å²) in [5, 5.41) is 0.438.